The van der Waals surface area contributed by atoms with E-state index >= 15 is 0 Å². The molecule has 0 saturated heterocycles. The van der Waals surface area contributed by atoms with E-state index in [-0.39, 0.29) is 17.8 Å². The van der Waals surface area contributed by atoms with Crippen molar-refractivity contribution in [3.8, 4) is 6.07 Å². The lowest BCUT2D eigenvalue weighted by Gasteiger charge is -2.09. The molecule has 0 saturated carbocycles. The molecule has 0 bridgehead atoms. The van der Waals surface area contributed by atoms with Gasteiger partial charge in [0.15, 0.2) is 6.61 Å². The molecule has 0 unspecified atom stereocenters. The van der Waals surface area contributed by atoms with Crippen LogP contribution in [-0.4, -0.2) is 32.9 Å². The molecule has 0 radical (unpaired) electrons. The molecule has 182 valence electrons. The van der Waals surface area contributed by atoms with Gasteiger partial charge in [-0.25, -0.2) is 9.78 Å². The highest BCUT2D eigenvalue weighted by atomic mass is 16.5. The summed E-state index contributed by atoms with van der Waals surface area (Å²) in [7, 11) is 0. The molecule has 0 atom stereocenters. The Kier molecular flexibility index (Phi) is 6.60. The summed E-state index contributed by atoms with van der Waals surface area (Å²) in [6.45, 7) is 0.0346. The number of H-pyrrole nitrogens is 1. The van der Waals surface area contributed by atoms with Crippen molar-refractivity contribution >= 4 is 33.6 Å². The van der Waals surface area contributed by atoms with Gasteiger partial charge in [0.1, 0.15) is 5.82 Å². The van der Waals surface area contributed by atoms with Gasteiger partial charge in [-0.3, -0.25) is 9.59 Å². The third kappa shape index (κ3) is 4.88. The number of Topliss-reactive ketones (excluding diaryl/α,β-unsaturated/α-hetero) is 1. The minimum atomic E-state index is -0.639. The van der Waals surface area contributed by atoms with Gasteiger partial charge in [-0.15, -0.1) is 0 Å². The van der Waals surface area contributed by atoms with Gasteiger partial charge >= 0.3 is 5.97 Å². The van der Waals surface area contributed by atoms with E-state index in [0.717, 1.165) is 10.9 Å². The Hall–Kier alpha value is -5.03. The number of fused-ring (bicyclic) bond motifs is 2. The number of aryl methyl sites for hydroxylation is 1. The van der Waals surface area contributed by atoms with Crippen molar-refractivity contribution in [2.75, 3.05) is 6.61 Å². The third-order valence-electron chi connectivity index (χ3n) is 6.14. The van der Waals surface area contributed by atoms with Crippen molar-refractivity contribution in [2.24, 2.45) is 0 Å². The number of ketones is 1. The second-order valence-corrected chi connectivity index (χ2v) is 8.52. The fourth-order valence-corrected chi connectivity index (χ4v) is 4.38. The highest BCUT2D eigenvalue weighted by molar-refractivity contribution is 6.09. The molecule has 0 aliphatic rings. The highest BCUT2D eigenvalue weighted by Crippen LogP contribution is 2.23. The number of carbonyl (C=O) groups excluding carboxylic acids is 2. The number of rotatable bonds is 8. The molecule has 2 aromatic heterocycles. The Balaban J connectivity index is 1.34. The summed E-state index contributed by atoms with van der Waals surface area (Å²) in [6.07, 6.45) is 2.23. The maximum absolute atomic E-state index is 13.0. The van der Waals surface area contributed by atoms with Crippen LogP contribution in [-0.2, 0) is 17.7 Å². The number of nitrogens with one attached hydrogen (secondary N) is 1. The monoisotopic (exact) mass is 490 g/mol. The summed E-state index contributed by atoms with van der Waals surface area (Å²) >= 11 is 0. The van der Waals surface area contributed by atoms with Gasteiger partial charge in [0.2, 0.25) is 5.78 Å². The van der Waals surface area contributed by atoms with Crippen molar-refractivity contribution in [3.05, 3.63) is 112 Å². The number of para-hydroxylation sites is 2. The average Bonchev–Trinajstić information content (AvgIpc) is 3.29. The Morgan fingerprint density at radius 1 is 0.946 bits per heavy atom. The van der Waals surface area contributed by atoms with Gasteiger partial charge in [0.05, 0.1) is 29.0 Å². The molecule has 5 rings (SSSR count). The average molecular weight is 491 g/mol. The van der Waals surface area contributed by atoms with Crippen LogP contribution in [0.15, 0.2) is 83.8 Å². The maximum atomic E-state index is 13.0. The molecule has 3 aromatic carbocycles. The van der Waals surface area contributed by atoms with Crippen molar-refractivity contribution in [3.63, 3.8) is 0 Å². The van der Waals surface area contributed by atoms with E-state index in [0.29, 0.717) is 46.4 Å². The van der Waals surface area contributed by atoms with Crippen molar-refractivity contribution in [2.45, 2.75) is 19.4 Å². The van der Waals surface area contributed by atoms with Gasteiger partial charge in [0, 0.05) is 35.6 Å². The molecule has 8 heteroatoms. The number of nitriles is 1. The first-order chi connectivity index (χ1) is 18.0. The number of aromatic amines is 1. The zero-order valence-electron chi connectivity index (χ0n) is 19.8. The van der Waals surface area contributed by atoms with E-state index in [9.17, 15) is 14.4 Å². The van der Waals surface area contributed by atoms with Crippen LogP contribution in [0, 0.1) is 11.3 Å². The molecule has 2 heterocycles. The molecule has 0 aliphatic carbocycles. The Labute approximate surface area is 211 Å². The minimum absolute atomic E-state index is 0.214. The van der Waals surface area contributed by atoms with E-state index in [4.69, 9.17) is 10.00 Å². The van der Waals surface area contributed by atoms with E-state index in [1.165, 1.54) is 0 Å². The van der Waals surface area contributed by atoms with Gasteiger partial charge in [-0.2, -0.15) is 5.26 Å². The number of carbonyl (C=O) groups is 2. The van der Waals surface area contributed by atoms with E-state index < -0.39 is 12.6 Å². The first-order valence-corrected chi connectivity index (χ1v) is 11.8. The molecule has 0 amide bonds. The lowest BCUT2D eigenvalue weighted by Crippen LogP contribution is -2.17. The smallest absolute Gasteiger partial charge is 0.338 e. The summed E-state index contributed by atoms with van der Waals surface area (Å²) in [5, 5.41) is 10.2. The molecular weight excluding hydrogens is 468 g/mol. The summed E-state index contributed by atoms with van der Waals surface area (Å²) in [4.78, 5) is 45.7. The number of esters is 1. The first-order valence-electron chi connectivity index (χ1n) is 11.8. The molecule has 0 fully saturated rings. The number of nitrogens with zero attached hydrogens (tertiary/aromatic N) is 3. The SMILES string of the molecule is N#CCCn1cc(C(=O)COC(=O)c2ccccc2Cc2nc3ccccc3c(=O)[nH]2)c2ccccc21. The quantitative estimate of drug-likeness (QED) is 0.254. The van der Waals surface area contributed by atoms with Gasteiger partial charge in [-0.1, -0.05) is 48.5 Å². The van der Waals surface area contributed by atoms with Crippen LogP contribution in [0.2, 0.25) is 0 Å². The van der Waals surface area contributed by atoms with Crippen LogP contribution >= 0.6 is 0 Å². The van der Waals surface area contributed by atoms with E-state index in [2.05, 4.69) is 16.0 Å². The van der Waals surface area contributed by atoms with Gasteiger partial charge < -0.3 is 14.3 Å². The lowest BCUT2D eigenvalue weighted by atomic mass is 10.0. The topological polar surface area (TPSA) is 118 Å². The van der Waals surface area contributed by atoms with Crippen LogP contribution in [0.5, 0.6) is 0 Å². The second-order valence-electron chi connectivity index (χ2n) is 8.52. The number of hydrogen-bond acceptors (Lipinski definition) is 6. The largest absolute Gasteiger partial charge is 0.454 e. The van der Waals surface area contributed by atoms with Gasteiger partial charge in [-0.05, 0) is 29.8 Å². The van der Waals surface area contributed by atoms with Crippen LogP contribution in [0.25, 0.3) is 21.8 Å². The fourth-order valence-electron chi connectivity index (χ4n) is 4.38. The lowest BCUT2D eigenvalue weighted by molar-refractivity contribution is 0.0474. The van der Waals surface area contributed by atoms with Crippen molar-refractivity contribution < 1.29 is 14.3 Å². The van der Waals surface area contributed by atoms with Crippen LogP contribution < -0.4 is 5.56 Å². The second kappa shape index (κ2) is 10.3. The number of benzene rings is 3. The number of aromatic nitrogens is 3. The predicted molar refractivity (Wildman–Crippen MR) is 138 cm³/mol. The van der Waals surface area contributed by atoms with Crippen molar-refractivity contribution in [1.82, 2.24) is 14.5 Å². The zero-order chi connectivity index (χ0) is 25.8. The van der Waals surface area contributed by atoms with E-state index in [1.54, 1.807) is 48.7 Å². The Bertz CT molecular complexity index is 1740. The normalized spacial score (nSPS) is 10.9. The standard InChI is InChI=1S/C29H22N4O4/c30-14-7-15-33-17-23(21-10-4-6-13-25(21)33)26(34)18-37-29(36)20-9-2-1-8-19(20)16-27-31-24-12-5-3-11-22(24)28(35)32-27/h1-6,8-13,17H,7,15-16,18H2,(H,31,32,35). The van der Waals surface area contributed by atoms with Crippen LogP contribution in [0.4, 0.5) is 0 Å². The van der Waals surface area contributed by atoms with Gasteiger partial charge in [0.25, 0.3) is 5.56 Å². The van der Waals surface area contributed by atoms with Crippen LogP contribution in [0.1, 0.15) is 38.5 Å². The zero-order valence-corrected chi connectivity index (χ0v) is 19.8. The highest BCUT2D eigenvalue weighted by Gasteiger charge is 2.19. The number of hydrogen-bond donors (Lipinski definition) is 1. The minimum Gasteiger partial charge on any atom is -0.454 e. The van der Waals surface area contributed by atoms with Crippen LogP contribution in [0.3, 0.4) is 0 Å². The Morgan fingerprint density at radius 2 is 1.68 bits per heavy atom. The summed E-state index contributed by atoms with van der Waals surface area (Å²) in [5.41, 5.74) is 2.51. The summed E-state index contributed by atoms with van der Waals surface area (Å²) in [5.74, 6) is -0.552. The summed E-state index contributed by atoms with van der Waals surface area (Å²) in [6, 6.07) is 23.5. The molecular formula is C29H22N4O4. The van der Waals surface area contributed by atoms with Crippen molar-refractivity contribution in [1.29, 1.82) is 5.26 Å². The first kappa shape index (κ1) is 23.7. The molecule has 1 N–H and O–H groups in total. The Morgan fingerprint density at radius 3 is 2.51 bits per heavy atom. The third-order valence-corrected chi connectivity index (χ3v) is 6.14. The number of ether oxygens (including phenoxy) is 1. The molecule has 0 spiro atoms. The predicted octanol–water partition coefficient (Wildman–Crippen LogP) is 4.42. The molecule has 5 aromatic rings. The molecule has 0 aliphatic heterocycles. The molecule has 8 nitrogen and oxygen atoms in total. The van der Waals surface area contributed by atoms with E-state index in [1.807, 2.05) is 34.9 Å². The fraction of sp³-hybridized carbons (Fsp3) is 0.138. The summed E-state index contributed by atoms with van der Waals surface area (Å²) < 4.78 is 7.27. The maximum Gasteiger partial charge on any atom is 0.338 e. The molecule has 37 heavy (non-hydrogen) atoms.